The van der Waals surface area contributed by atoms with Crippen LogP contribution in [-0.2, 0) is 11.4 Å². The summed E-state index contributed by atoms with van der Waals surface area (Å²) >= 11 is 0. The van der Waals surface area contributed by atoms with Crippen molar-refractivity contribution in [3.8, 4) is 17.6 Å². The van der Waals surface area contributed by atoms with E-state index in [1.54, 1.807) is 19.1 Å². The number of halogens is 1. The van der Waals surface area contributed by atoms with Gasteiger partial charge in [-0.15, -0.1) is 5.92 Å². The molecule has 0 spiro atoms. The normalized spacial score (nSPS) is 13.0. The van der Waals surface area contributed by atoms with Gasteiger partial charge in [-0.25, -0.2) is 0 Å². The lowest BCUT2D eigenvalue weighted by atomic mass is 9.97. The Morgan fingerprint density at radius 3 is 2.55 bits per heavy atom. The molecule has 31 heavy (non-hydrogen) atoms. The summed E-state index contributed by atoms with van der Waals surface area (Å²) in [7, 11) is 0. The van der Waals surface area contributed by atoms with E-state index in [9.17, 15) is 9.18 Å². The first kappa shape index (κ1) is 24.1. The Morgan fingerprint density at radius 1 is 1.26 bits per heavy atom. The largest absolute Gasteiger partial charge is 0.489 e. The van der Waals surface area contributed by atoms with E-state index in [4.69, 9.17) is 10.1 Å². The van der Waals surface area contributed by atoms with E-state index in [2.05, 4.69) is 17.2 Å². The molecule has 0 amide bonds. The molecule has 2 aromatic rings. The number of ether oxygens (including phenoxy) is 1. The average molecular weight is 423 g/mol. The maximum Gasteiger partial charge on any atom is 0.215 e. The summed E-state index contributed by atoms with van der Waals surface area (Å²) in [6, 6.07) is 12.8. The first-order valence-electron chi connectivity index (χ1n) is 10.8. The Labute approximate surface area is 184 Å². The average Bonchev–Trinajstić information content (AvgIpc) is 3.62. The highest BCUT2D eigenvalue weighted by molar-refractivity contribution is 5.98. The molecule has 2 aromatic carbocycles. The molecule has 0 saturated heterocycles. The lowest BCUT2D eigenvalue weighted by Crippen LogP contribution is -2.11. The van der Waals surface area contributed by atoms with Crippen LogP contribution in [0.2, 0.25) is 0 Å². The molecule has 5 heteroatoms. The Morgan fingerprint density at radius 2 is 1.97 bits per heavy atom. The number of nitrogens with one attached hydrogen (secondary N) is 2. The highest BCUT2D eigenvalue weighted by Crippen LogP contribution is 2.30. The molecule has 0 aromatic heterocycles. The first-order valence-corrected chi connectivity index (χ1v) is 10.8. The van der Waals surface area contributed by atoms with Crippen molar-refractivity contribution < 1.29 is 13.9 Å². The highest BCUT2D eigenvalue weighted by atomic mass is 19.1. The fourth-order valence-corrected chi connectivity index (χ4v) is 3.21. The summed E-state index contributed by atoms with van der Waals surface area (Å²) in [5, 5.41) is 10.8. The smallest absolute Gasteiger partial charge is 0.215 e. The molecule has 1 aliphatic rings. The summed E-state index contributed by atoms with van der Waals surface area (Å²) in [5.74, 6) is 6.08. The molecule has 164 valence electrons. The third kappa shape index (κ3) is 7.25. The van der Waals surface area contributed by atoms with E-state index in [1.165, 1.54) is 12.8 Å². The first-order chi connectivity index (χ1) is 15.1. The van der Waals surface area contributed by atoms with Gasteiger partial charge >= 0.3 is 0 Å². The predicted octanol–water partition coefficient (Wildman–Crippen LogP) is 6.10. The SMILES string of the molecule is CC.CC#C[C@@H](CC=O)c1ccc(OCc2cccc(NCC3CC3)c2C(=N)F)cc1. The van der Waals surface area contributed by atoms with E-state index in [0.717, 1.165) is 18.4 Å². The molecular weight excluding hydrogens is 391 g/mol. The molecular formula is C26H31FN2O2. The molecule has 0 aliphatic heterocycles. The van der Waals surface area contributed by atoms with E-state index >= 15 is 0 Å². The van der Waals surface area contributed by atoms with Crippen molar-refractivity contribution in [3.63, 3.8) is 0 Å². The molecule has 3 rings (SSSR count). The molecule has 0 radical (unpaired) electrons. The Bertz CT molecular complexity index is 925. The number of carbonyl (C=O) groups is 1. The Balaban J connectivity index is 0.00000166. The van der Waals surface area contributed by atoms with Crippen molar-refractivity contribution in [2.75, 3.05) is 11.9 Å². The van der Waals surface area contributed by atoms with Gasteiger partial charge in [0.25, 0.3) is 0 Å². The summed E-state index contributed by atoms with van der Waals surface area (Å²) in [6.45, 7) is 6.71. The van der Waals surface area contributed by atoms with E-state index < -0.39 is 5.97 Å². The number of carbonyl (C=O) groups excluding carboxylic acids is 1. The third-order valence-electron chi connectivity index (χ3n) is 4.98. The van der Waals surface area contributed by atoms with Crippen molar-refractivity contribution >= 4 is 17.9 Å². The van der Waals surface area contributed by atoms with Crippen LogP contribution in [0.3, 0.4) is 0 Å². The van der Waals surface area contributed by atoms with Crippen LogP contribution in [0.25, 0.3) is 0 Å². The zero-order chi connectivity index (χ0) is 22.6. The van der Waals surface area contributed by atoms with E-state index in [-0.39, 0.29) is 18.1 Å². The van der Waals surface area contributed by atoms with E-state index in [0.29, 0.717) is 29.3 Å². The minimum Gasteiger partial charge on any atom is -0.489 e. The highest BCUT2D eigenvalue weighted by Gasteiger charge is 2.22. The second kappa shape index (κ2) is 12.5. The number of hydrogen-bond donors (Lipinski definition) is 2. The van der Waals surface area contributed by atoms with Gasteiger partial charge in [0, 0.05) is 24.2 Å². The van der Waals surface area contributed by atoms with Crippen molar-refractivity contribution in [2.24, 2.45) is 5.92 Å². The molecule has 1 fully saturated rings. The van der Waals surface area contributed by atoms with Crippen molar-refractivity contribution in [2.45, 2.75) is 52.6 Å². The molecule has 0 unspecified atom stereocenters. The van der Waals surface area contributed by atoms with Gasteiger partial charge in [0.05, 0.1) is 11.5 Å². The van der Waals surface area contributed by atoms with Gasteiger partial charge in [-0.05, 0) is 49.4 Å². The van der Waals surface area contributed by atoms with Crippen LogP contribution in [0.15, 0.2) is 42.5 Å². The van der Waals surface area contributed by atoms with Crippen LogP contribution in [0.4, 0.5) is 10.1 Å². The third-order valence-corrected chi connectivity index (χ3v) is 4.98. The number of rotatable bonds is 10. The summed E-state index contributed by atoms with van der Waals surface area (Å²) in [6.07, 6.45) is 3.62. The van der Waals surface area contributed by atoms with Crippen LogP contribution < -0.4 is 10.1 Å². The summed E-state index contributed by atoms with van der Waals surface area (Å²) in [5.41, 5.74) is 2.47. The molecule has 1 saturated carbocycles. The molecule has 4 nitrogen and oxygen atoms in total. The van der Waals surface area contributed by atoms with Crippen molar-refractivity contribution in [1.82, 2.24) is 0 Å². The molecule has 2 N–H and O–H groups in total. The van der Waals surface area contributed by atoms with E-state index in [1.807, 2.05) is 44.2 Å². The lowest BCUT2D eigenvalue weighted by molar-refractivity contribution is -0.107. The van der Waals surface area contributed by atoms with Crippen LogP contribution in [0.1, 0.15) is 62.6 Å². The number of anilines is 1. The molecule has 0 bridgehead atoms. The minimum atomic E-state index is -0.965. The monoisotopic (exact) mass is 422 g/mol. The van der Waals surface area contributed by atoms with Gasteiger partial charge < -0.3 is 14.8 Å². The number of benzene rings is 2. The van der Waals surface area contributed by atoms with Crippen LogP contribution in [-0.4, -0.2) is 18.8 Å². The topological polar surface area (TPSA) is 62.2 Å². The fraction of sp³-hybridized carbons (Fsp3) is 0.385. The van der Waals surface area contributed by atoms with Crippen molar-refractivity contribution in [1.29, 1.82) is 5.41 Å². The summed E-state index contributed by atoms with van der Waals surface area (Å²) < 4.78 is 19.8. The quantitative estimate of drug-likeness (QED) is 0.276. The Kier molecular flexibility index (Phi) is 9.77. The maximum absolute atomic E-state index is 14.0. The van der Waals surface area contributed by atoms with Gasteiger partial charge in [0.1, 0.15) is 18.6 Å². The van der Waals surface area contributed by atoms with Gasteiger partial charge in [0.15, 0.2) is 0 Å². The van der Waals surface area contributed by atoms with Gasteiger partial charge in [-0.1, -0.05) is 44.0 Å². The van der Waals surface area contributed by atoms with Gasteiger partial charge in [0.2, 0.25) is 5.97 Å². The number of aldehydes is 1. The molecule has 1 atom stereocenters. The molecule has 0 heterocycles. The second-order valence-corrected chi connectivity index (χ2v) is 7.18. The van der Waals surface area contributed by atoms with Gasteiger partial charge in [-0.3, -0.25) is 5.41 Å². The lowest BCUT2D eigenvalue weighted by Gasteiger charge is -2.15. The predicted molar refractivity (Wildman–Crippen MR) is 125 cm³/mol. The fourth-order valence-electron chi connectivity index (χ4n) is 3.21. The zero-order valence-corrected chi connectivity index (χ0v) is 18.5. The zero-order valence-electron chi connectivity index (χ0n) is 18.5. The van der Waals surface area contributed by atoms with Crippen molar-refractivity contribution in [3.05, 3.63) is 59.2 Å². The Hall–Kier alpha value is -3.13. The minimum absolute atomic E-state index is 0.126. The standard InChI is InChI=1S/C24H25FN2O2.C2H6/c1-2-4-18(13-14-28)19-9-11-21(12-10-19)29-16-20-5-3-6-22(23(20)24(25)26)27-15-17-7-8-17;1-2/h3,5-6,9-12,14,17-18,26-27H,7-8,13,15-16H2,1H3;1-2H3/t18-;/m0./s1. The number of hydrogen-bond acceptors (Lipinski definition) is 4. The van der Waals surface area contributed by atoms with Gasteiger partial charge in [-0.2, -0.15) is 4.39 Å². The molecule has 1 aliphatic carbocycles. The maximum atomic E-state index is 14.0. The van der Waals surface area contributed by atoms with Crippen LogP contribution in [0, 0.1) is 23.2 Å². The second-order valence-electron chi connectivity index (χ2n) is 7.18. The van der Waals surface area contributed by atoms with Crippen LogP contribution >= 0.6 is 0 Å². The summed E-state index contributed by atoms with van der Waals surface area (Å²) in [4.78, 5) is 10.8. The van der Waals surface area contributed by atoms with Crippen LogP contribution in [0.5, 0.6) is 5.75 Å².